The fourth-order valence-corrected chi connectivity index (χ4v) is 4.87. The Kier molecular flexibility index (Phi) is 3.94. The normalized spacial score (nSPS) is 11.5. The van der Waals surface area contributed by atoms with Crippen LogP contribution in [0.3, 0.4) is 0 Å². The molecule has 2 aromatic heterocycles. The Bertz CT molecular complexity index is 1550. The molecule has 2 heteroatoms. The monoisotopic (exact) mass is 399 g/mol. The van der Waals surface area contributed by atoms with E-state index in [1.54, 1.807) is 0 Å². The summed E-state index contributed by atoms with van der Waals surface area (Å²) in [6, 6.07) is 35.0. The number of pyridine rings is 1. The molecule has 0 unspecified atom stereocenters. The highest BCUT2D eigenvalue weighted by atomic mass is 15.0. The van der Waals surface area contributed by atoms with Gasteiger partial charge in [0, 0.05) is 28.1 Å². The van der Waals surface area contributed by atoms with Gasteiger partial charge in [0.1, 0.15) is 7.05 Å². The van der Waals surface area contributed by atoms with Crippen molar-refractivity contribution < 1.29 is 4.57 Å². The van der Waals surface area contributed by atoms with Crippen molar-refractivity contribution in [3.8, 4) is 16.9 Å². The van der Waals surface area contributed by atoms with E-state index >= 15 is 0 Å². The molecule has 0 fully saturated rings. The topological polar surface area (TPSA) is 8.81 Å². The third kappa shape index (κ3) is 2.69. The predicted octanol–water partition coefficient (Wildman–Crippen LogP) is 6.74. The minimum atomic E-state index is 1.19. The van der Waals surface area contributed by atoms with Gasteiger partial charge in [-0.1, -0.05) is 54.6 Å². The number of nitrogens with zero attached hydrogens (tertiary/aromatic N) is 2. The number of rotatable bonds is 2. The molecule has 31 heavy (non-hydrogen) atoms. The first-order chi connectivity index (χ1) is 15.2. The molecule has 6 aromatic rings. The van der Waals surface area contributed by atoms with Crippen LogP contribution in [-0.4, -0.2) is 4.57 Å². The van der Waals surface area contributed by atoms with Gasteiger partial charge in [-0.15, -0.1) is 0 Å². The number of aryl methyl sites for hydroxylation is 2. The first-order valence-electron chi connectivity index (χ1n) is 10.7. The van der Waals surface area contributed by atoms with E-state index in [1.165, 1.54) is 55.1 Å². The highest BCUT2D eigenvalue weighted by molar-refractivity contribution is 6.09. The smallest absolute Gasteiger partial charge is 0.220 e. The van der Waals surface area contributed by atoms with Gasteiger partial charge in [0.25, 0.3) is 0 Å². The van der Waals surface area contributed by atoms with Crippen molar-refractivity contribution in [3.63, 3.8) is 0 Å². The van der Waals surface area contributed by atoms with Crippen molar-refractivity contribution >= 4 is 32.6 Å². The molecule has 0 amide bonds. The van der Waals surface area contributed by atoms with E-state index < -0.39 is 0 Å². The lowest BCUT2D eigenvalue weighted by Gasteiger charge is -2.11. The molecule has 0 aliphatic heterocycles. The Morgan fingerprint density at radius 1 is 0.645 bits per heavy atom. The highest BCUT2D eigenvalue weighted by Gasteiger charge is 2.18. The van der Waals surface area contributed by atoms with Gasteiger partial charge in [0.05, 0.1) is 16.4 Å². The van der Waals surface area contributed by atoms with Crippen LogP contribution in [0.5, 0.6) is 0 Å². The Hall–Kier alpha value is -3.91. The molecule has 2 heterocycles. The van der Waals surface area contributed by atoms with Crippen LogP contribution in [0, 0.1) is 6.92 Å². The molecule has 6 rings (SSSR count). The summed E-state index contributed by atoms with van der Waals surface area (Å²) in [4.78, 5) is 0. The first-order valence-corrected chi connectivity index (χ1v) is 10.7. The zero-order valence-corrected chi connectivity index (χ0v) is 17.7. The molecule has 4 aromatic carbocycles. The second-order valence-electron chi connectivity index (χ2n) is 8.23. The number of hydrogen-bond donors (Lipinski definition) is 0. The standard InChI is InChI=1S/C29H23N2/c1-20-9-3-4-10-23(20)29-24-16-15-22(19-21(24)17-18-30(29)2)31-27-13-7-5-11-25(27)26-12-6-8-14-28(26)31/h3-19H,1-2H3/q+1. The second-order valence-corrected chi connectivity index (χ2v) is 8.23. The van der Waals surface area contributed by atoms with E-state index in [1.807, 2.05) is 0 Å². The number of hydrogen-bond acceptors (Lipinski definition) is 0. The SMILES string of the molecule is Cc1ccccc1-c1c2ccc(-n3c4ccccc4c4ccccc43)cc2cc[n+]1C. The van der Waals surface area contributed by atoms with Crippen molar-refractivity contribution in [1.29, 1.82) is 0 Å². The molecule has 0 aliphatic rings. The van der Waals surface area contributed by atoms with Gasteiger partial charge in [-0.2, -0.15) is 0 Å². The molecule has 0 radical (unpaired) electrons. The molecular formula is C29H23N2+. The lowest BCUT2D eigenvalue weighted by molar-refractivity contribution is -0.659. The molecule has 2 nitrogen and oxygen atoms in total. The molecule has 0 aliphatic carbocycles. The van der Waals surface area contributed by atoms with Gasteiger partial charge in [0.15, 0.2) is 6.20 Å². The minimum Gasteiger partial charge on any atom is -0.309 e. The molecule has 0 bridgehead atoms. The second kappa shape index (κ2) is 6.82. The van der Waals surface area contributed by atoms with Crippen molar-refractivity contribution in [2.45, 2.75) is 6.92 Å². The molecular weight excluding hydrogens is 376 g/mol. The summed E-state index contributed by atoms with van der Waals surface area (Å²) in [5.41, 5.74) is 7.49. The summed E-state index contributed by atoms with van der Waals surface area (Å²) < 4.78 is 4.61. The van der Waals surface area contributed by atoms with Crippen LogP contribution in [0.15, 0.2) is 103 Å². The Morgan fingerprint density at radius 2 is 1.29 bits per heavy atom. The maximum atomic E-state index is 2.38. The minimum absolute atomic E-state index is 1.19. The summed E-state index contributed by atoms with van der Waals surface area (Å²) in [6.45, 7) is 2.18. The molecule has 0 N–H and O–H groups in total. The largest absolute Gasteiger partial charge is 0.309 e. The number of benzene rings is 4. The van der Waals surface area contributed by atoms with Gasteiger partial charge >= 0.3 is 0 Å². The number of aromatic nitrogens is 2. The average molecular weight is 400 g/mol. The maximum absolute atomic E-state index is 2.38. The zero-order valence-electron chi connectivity index (χ0n) is 17.7. The van der Waals surface area contributed by atoms with E-state index in [2.05, 4.69) is 126 Å². The van der Waals surface area contributed by atoms with Crippen LogP contribution in [-0.2, 0) is 7.05 Å². The number of para-hydroxylation sites is 2. The number of fused-ring (bicyclic) bond motifs is 4. The van der Waals surface area contributed by atoms with E-state index in [-0.39, 0.29) is 0 Å². The average Bonchev–Trinajstić information content (AvgIpc) is 3.14. The van der Waals surface area contributed by atoms with Crippen molar-refractivity contribution in [1.82, 2.24) is 4.57 Å². The predicted molar refractivity (Wildman–Crippen MR) is 130 cm³/mol. The zero-order chi connectivity index (χ0) is 20.9. The fraction of sp³-hybridized carbons (Fsp3) is 0.0690. The first kappa shape index (κ1) is 17.9. The van der Waals surface area contributed by atoms with Gasteiger partial charge in [-0.25, -0.2) is 4.57 Å². The summed E-state index contributed by atoms with van der Waals surface area (Å²) in [5.74, 6) is 0. The molecule has 0 saturated heterocycles. The molecule has 0 atom stereocenters. The van der Waals surface area contributed by atoms with E-state index in [4.69, 9.17) is 0 Å². The van der Waals surface area contributed by atoms with Crippen LogP contribution < -0.4 is 4.57 Å². The van der Waals surface area contributed by atoms with Gasteiger partial charge in [0.2, 0.25) is 5.69 Å². The summed E-state index contributed by atoms with van der Waals surface area (Å²) in [6.07, 6.45) is 2.17. The van der Waals surface area contributed by atoms with Crippen LogP contribution in [0.25, 0.3) is 49.5 Å². The van der Waals surface area contributed by atoms with Crippen molar-refractivity contribution in [2.75, 3.05) is 0 Å². The van der Waals surface area contributed by atoms with Gasteiger partial charge in [-0.3, -0.25) is 0 Å². The third-order valence-corrected chi connectivity index (χ3v) is 6.36. The van der Waals surface area contributed by atoms with E-state index in [9.17, 15) is 0 Å². The van der Waals surface area contributed by atoms with E-state index in [0.29, 0.717) is 0 Å². The highest BCUT2D eigenvalue weighted by Crippen LogP contribution is 2.34. The van der Waals surface area contributed by atoms with Gasteiger partial charge in [-0.05, 0) is 54.3 Å². The van der Waals surface area contributed by atoms with Crippen LogP contribution in [0.2, 0.25) is 0 Å². The molecule has 148 valence electrons. The Labute approximate surface area is 181 Å². The van der Waals surface area contributed by atoms with Crippen LogP contribution in [0.4, 0.5) is 0 Å². The molecule has 0 spiro atoms. The van der Waals surface area contributed by atoms with Crippen molar-refractivity contribution in [3.05, 3.63) is 109 Å². The van der Waals surface area contributed by atoms with Crippen LogP contribution >= 0.6 is 0 Å². The third-order valence-electron chi connectivity index (χ3n) is 6.36. The lowest BCUT2D eigenvalue weighted by atomic mass is 9.99. The van der Waals surface area contributed by atoms with Gasteiger partial charge < -0.3 is 4.57 Å². The summed E-state index contributed by atoms with van der Waals surface area (Å²) in [7, 11) is 2.13. The van der Waals surface area contributed by atoms with Crippen molar-refractivity contribution in [2.24, 2.45) is 7.05 Å². The summed E-state index contributed by atoms with van der Waals surface area (Å²) in [5, 5.41) is 5.09. The summed E-state index contributed by atoms with van der Waals surface area (Å²) >= 11 is 0. The lowest BCUT2D eigenvalue weighted by Crippen LogP contribution is -2.30. The Balaban J connectivity index is 1.65. The maximum Gasteiger partial charge on any atom is 0.220 e. The van der Waals surface area contributed by atoms with E-state index in [0.717, 1.165) is 0 Å². The van der Waals surface area contributed by atoms with Crippen LogP contribution in [0.1, 0.15) is 5.56 Å². The molecule has 0 saturated carbocycles. The Morgan fingerprint density at radius 3 is 2.00 bits per heavy atom. The quantitative estimate of drug-likeness (QED) is 0.285. The fourth-order valence-electron chi connectivity index (χ4n) is 4.87.